The second-order valence-electron chi connectivity index (χ2n) is 16.0. The van der Waals surface area contributed by atoms with Gasteiger partial charge in [0.15, 0.2) is 0 Å². The van der Waals surface area contributed by atoms with Crippen molar-refractivity contribution in [1.82, 2.24) is 14.9 Å². The zero-order chi connectivity index (χ0) is 34.8. The van der Waals surface area contributed by atoms with E-state index >= 15 is 0 Å². The number of rotatable bonds is 3. The zero-order valence-corrected chi connectivity index (χ0v) is 30.2. The lowest BCUT2D eigenvalue weighted by atomic mass is 9.77. The second kappa shape index (κ2) is 14.6. The molecule has 0 N–H and O–H groups in total. The number of carbonyl (C=O) groups is 3. The molecule has 10 heteroatoms. The third-order valence-electron chi connectivity index (χ3n) is 10.2. The first-order chi connectivity index (χ1) is 22.7. The van der Waals surface area contributed by atoms with Gasteiger partial charge in [0, 0.05) is 12.0 Å². The molecule has 6 atom stereocenters. The highest BCUT2D eigenvalue weighted by atomic mass is 16.6. The molecule has 1 saturated carbocycles. The number of methoxy groups -OCH3 is 1. The summed E-state index contributed by atoms with van der Waals surface area (Å²) in [5.74, 6) is -0.737. The number of aryl methyl sites for hydroxylation is 1. The van der Waals surface area contributed by atoms with Gasteiger partial charge in [-0.2, -0.15) is 0 Å². The van der Waals surface area contributed by atoms with Crippen molar-refractivity contribution < 1.29 is 33.3 Å². The van der Waals surface area contributed by atoms with Gasteiger partial charge in [-0.15, -0.1) is 0 Å². The quantitative estimate of drug-likeness (QED) is 0.325. The van der Waals surface area contributed by atoms with Crippen molar-refractivity contribution in [2.75, 3.05) is 13.7 Å². The first kappa shape index (κ1) is 35.9. The van der Waals surface area contributed by atoms with E-state index in [4.69, 9.17) is 28.9 Å². The van der Waals surface area contributed by atoms with Crippen LogP contribution in [0, 0.1) is 23.2 Å². The maximum Gasteiger partial charge on any atom is 0.329 e. The van der Waals surface area contributed by atoms with Crippen molar-refractivity contribution in [3.05, 3.63) is 23.9 Å². The first-order valence-electron chi connectivity index (χ1n) is 17.9. The van der Waals surface area contributed by atoms with E-state index in [0.717, 1.165) is 56.2 Å². The summed E-state index contributed by atoms with van der Waals surface area (Å²) in [5.41, 5.74) is 0.849. The van der Waals surface area contributed by atoms with Crippen LogP contribution in [-0.4, -0.2) is 70.2 Å². The van der Waals surface area contributed by atoms with Crippen LogP contribution in [0.1, 0.15) is 112 Å². The van der Waals surface area contributed by atoms with Gasteiger partial charge < -0.3 is 23.8 Å². The van der Waals surface area contributed by atoms with E-state index in [9.17, 15) is 14.4 Å². The number of aromatic nitrogens is 2. The molecule has 3 heterocycles. The lowest BCUT2D eigenvalue weighted by Gasteiger charge is -2.36. The first-order valence-corrected chi connectivity index (χ1v) is 17.9. The van der Waals surface area contributed by atoms with Gasteiger partial charge in [0.1, 0.15) is 35.3 Å². The third kappa shape index (κ3) is 8.23. The van der Waals surface area contributed by atoms with Gasteiger partial charge in [-0.1, -0.05) is 40.5 Å². The molecule has 48 heavy (non-hydrogen) atoms. The summed E-state index contributed by atoms with van der Waals surface area (Å²) in [6.07, 6.45) is 7.41. The number of esters is 2. The fourth-order valence-corrected chi connectivity index (χ4v) is 7.67. The van der Waals surface area contributed by atoms with Crippen molar-refractivity contribution >= 4 is 28.9 Å². The Morgan fingerprint density at radius 3 is 2.38 bits per heavy atom. The standard InChI is InChI=1S/C38H55N3O7/c1-9-25-31-22-41(33(25)36(44)48-38(5,6)7)35(43)26(37(2,3)4)21-32(42)46-30-17-13-15-23(30)14-11-10-12-16-28-34(47-31)40-29-20-24(45-8)18-19-27(29)39-28/h18-20,23,25-26,30-31,33H,9-17,21-22H2,1-8H3/t23-,25-,26-,30-,31+,33+/m1/s1. The van der Waals surface area contributed by atoms with Crippen molar-refractivity contribution in [3.8, 4) is 11.6 Å². The third-order valence-corrected chi connectivity index (χ3v) is 10.2. The Labute approximate surface area is 285 Å². The summed E-state index contributed by atoms with van der Waals surface area (Å²) in [6.45, 7) is 13.5. The number of ether oxygens (including phenoxy) is 4. The largest absolute Gasteiger partial charge is 0.497 e. The summed E-state index contributed by atoms with van der Waals surface area (Å²) in [5, 5.41) is 0. The summed E-state index contributed by atoms with van der Waals surface area (Å²) >= 11 is 0. The molecular weight excluding hydrogens is 610 g/mol. The van der Waals surface area contributed by atoms with Crippen LogP contribution in [0.3, 0.4) is 0 Å². The highest BCUT2D eigenvalue weighted by Crippen LogP contribution is 2.40. The van der Waals surface area contributed by atoms with Gasteiger partial charge in [0.2, 0.25) is 11.8 Å². The average molecular weight is 666 g/mol. The van der Waals surface area contributed by atoms with Crippen LogP contribution in [0.5, 0.6) is 11.6 Å². The average Bonchev–Trinajstić information content (AvgIpc) is 3.61. The Hall–Kier alpha value is -3.43. The highest BCUT2D eigenvalue weighted by Gasteiger charge is 2.52. The van der Waals surface area contributed by atoms with Crippen LogP contribution in [0.4, 0.5) is 0 Å². The van der Waals surface area contributed by atoms with Gasteiger partial charge in [-0.05, 0) is 89.2 Å². The molecule has 264 valence electrons. The Kier molecular flexibility index (Phi) is 10.9. The SMILES string of the molecule is CC[C@@H]1[C@@H]2CN(C(=O)[C@H](C(C)(C)C)CC(=O)O[C@@H]3CCC[C@H]3CCCCCc3nc4ccc(OC)cc4nc3O2)[C@@H]1C(=O)OC(C)(C)C. The molecule has 1 aromatic carbocycles. The van der Waals surface area contributed by atoms with E-state index in [1.165, 1.54) is 0 Å². The van der Waals surface area contributed by atoms with Crippen molar-refractivity contribution in [1.29, 1.82) is 0 Å². The predicted octanol–water partition coefficient (Wildman–Crippen LogP) is 6.85. The summed E-state index contributed by atoms with van der Waals surface area (Å²) in [7, 11) is 1.62. The zero-order valence-electron chi connectivity index (χ0n) is 30.2. The lowest BCUT2D eigenvalue weighted by Crippen LogP contribution is -2.50. The van der Waals surface area contributed by atoms with E-state index in [0.29, 0.717) is 35.9 Å². The highest BCUT2D eigenvalue weighted by molar-refractivity contribution is 5.89. The van der Waals surface area contributed by atoms with Crippen LogP contribution >= 0.6 is 0 Å². The molecule has 5 rings (SSSR count). The molecule has 1 aromatic heterocycles. The summed E-state index contributed by atoms with van der Waals surface area (Å²) in [4.78, 5) is 53.7. The number of nitrogens with zero attached hydrogens (tertiary/aromatic N) is 3. The molecule has 0 unspecified atom stereocenters. The van der Waals surface area contributed by atoms with Gasteiger partial charge in [-0.3, -0.25) is 9.59 Å². The van der Waals surface area contributed by atoms with Crippen LogP contribution in [0.2, 0.25) is 0 Å². The summed E-state index contributed by atoms with van der Waals surface area (Å²) < 4.78 is 24.3. The minimum atomic E-state index is -0.883. The fourth-order valence-electron chi connectivity index (χ4n) is 7.67. The monoisotopic (exact) mass is 665 g/mol. The predicted molar refractivity (Wildman–Crippen MR) is 183 cm³/mol. The fraction of sp³-hybridized carbons (Fsp3) is 0.711. The van der Waals surface area contributed by atoms with E-state index in [1.807, 2.05) is 66.7 Å². The van der Waals surface area contributed by atoms with E-state index < -0.39 is 35.0 Å². The minimum absolute atomic E-state index is 0.0481. The molecule has 1 amide bonds. The molecule has 0 spiro atoms. The molecule has 10 nitrogen and oxygen atoms in total. The normalized spacial score (nSPS) is 27.7. The van der Waals surface area contributed by atoms with Crippen LogP contribution in [0.15, 0.2) is 18.2 Å². The topological polar surface area (TPSA) is 117 Å². The van der Waals surface area contributed by atoms with Crippen LogP contribution in [0.25, 0.3) is 11.0 Å². The molecule has 2 bridgehead atoms. The molecule has 2 aromatic rings. The van der Waals surface area contributed by atoms with E-state index in [1.54, 1.807) is 12.0 Å². The van der Waals surface area contributed by atoms with Gasteiger partial charge >= 0.3 is 11.9 Å². The molecule has 1 saturated heterocycles. The number of hydrogen-bond donors (Lipinski definition) is 0. The maximum atomic E-state index is 14.7. The van der Waals surface area contributed by atoms with Crippen molar-refractivity contribution in [2.24, 2.45) is 23.2 Å². The Morgan fingerprint density at radius 2 is 1.69 bits per heavy atom. The lowest BCUT2D eigenvalue weighted by molar-refractivity contribution is -0.167. The van der Waals surface area contributed by atoms with E-state index in [2.05, 4.69) is 0 Å². The Morgan fingerprint density at radius 1 is 0.938 bits per heavy atom. The minimum Gasteiger partial charge on any atom is -0.497 e. The van der Waals surface area contributed by atoms with Crippen LogP contribution < -0.4 is 9.47 Å². The number of benzene rings is 1. The number of fused-ring (bicyclic) bond motifs is 5. The smallest absolute Gasteiger partial charge is 0.329 e. The Balaban J connectivity index is 1.58. The molecule has 2 aliphatic heterocycles. The van der Waals surface area contributed by atoms with Gasteiger partial charge in [0.05, 0.1) is 37.0 Å². The second-order valence-corrected chi connectivity index (χ2v) is 16.0. The summed E-state index contributed by atoms with van der Waals surface area (Å²) in [6, 6.07) is 4.74. The number of carbonyl (C=O) groups excluding carboxylic acids is 3. The molecule has 1 aliphatic carbocycles. The molecule has 2 fully saturated rings. The van der Waals surface area contributed by atoms with Gasteiger partial charge in [-0.25, -0.2) is 14.8 Å². The molecule has 3 aliphatic rings. The molecule has 0 radical (unpaired) electrons. The van der Waals surface area contributed by atoms with Gasteiger partial charge in [0.25, 0.3) is 0 Å². The van der Waals surface area contributed by atoms with Crippen molar-refractivity contribution in [3.63, 3.8) is 0 Å². The number of amides is 1. The maximum absolute atomic E-state index is 14.7. The Bertz CT molecular complexity index is 1480. The number of hydrogen-bond acceptors (Lipinski definition) is 9. The van der Waals surface area contributed by atoms with E-state index in [-0.39, 0.29) is 36.9 Å². The molecular formula is C38H55N3O7. The van der Waals surface area contributed by atoms with Crippen LogP contribution in [-0.2, 0) is 30.3 Å². The van der Waals surface area contributed by atoms with Crippen molar-refractivity contribution in [2.45, 2.75) is 137 Å².